The molecule has 1 aliphatic rings. The van der Waals surface area contributed by atoms with E-state index in [1.54, 1.807) is 0 Å². The van der Waals surface area contributed by atoms with Crippen molar-refractivity contribution < 1.29 is 4.74 Å². The zero-order valence-corrected chi connectivity index (χ0v) is 14.1. The van der Waals surface area contributed by atoms with Gasteiger partial charge in [-0.25, -0.2) is 0 Å². The summed E-state index contributed by atoms with van der Waals surface area (Å²) in [5.41, 5.74) is 1.39. The molecule has 0 saturated heterocycles. The minimum atomic E-state index is 0.148. The maximum absolute atomic E-state index is 5.89. The predicted molar refractivity (Wildman–Crippen MR) is 90.3 cm³/mol. The topological polar surface area (TPSA) is 24.5 Å². The van der Waals surface area contributed by atoms with E-state index < -0.39 is 0 Å². The van der Waals surface area contributed by atoms with Crippen LogP contribution >= 0.6 is 0 Å². The van der Waals surface area contributed by atoms with Gasteiger partial charge >= 0.3 is 0 Å². The number of anilines is 1. The van der Waals surface area contributed by atoms with Crippen molar-refractivity contribution in [1.82, 2.24) is 5.32 Å². The molecular weight excluding hydrogens is 260 g/mol. The van der Waals surface area contributed by atoms with E-state index in [-0.39, 0.29) is 5.54 Å². The lowest BCUT2D eigenvalue weighted by molar-refractivity contribution is 0.320. The summed E-state index contributed by atoms with van der Waals surface area (Å²) in [6.07, 6.45) is 1.08. The van der Waals surface area contributed by atoms with Gasteiger partial charge in [0.25, 0.3) is 0 Å². The van der Waals surface area contributed by atoms with Gasteiger partial charge in [0.2, 0.25) is 0 Å². The van der Waals surface area contributed by atoms with Crippen LogP contribution in [-0.2, 0) is 0 Å². The Morgan fingerprint density at radius 2 is 1.95 bits per heavy atom. The van der Waals surface area contributed by atoms with Crippen LogP contribution in [0.3, 0.4) is 0 Å². The third-order valence-corrected chi connectivity index (χ3v) is 3.99. The Hall–Kier alpha value is -1.22. The molecule has 1 aliphatic heterocycles. The van der Waals surface area contributed by atoms with Gasteiger partial charge in [0.15, 0.2) is 0 Å². The quantitative estimate of drug-likeness (QED) is 0.915. The lowest BCUT2D eigenvalue weighted by atomic mass is 9.99. The van der Waals surface area contributed by atoms with E-state index in [2.05, 4.69) is 69.1 Å². The van der Waals surface area contributed by atoms with Crippen molar-refractivity contribution >= 4 is 5.69 Å². The van der Waals surface area contributed by atoms with E-state index in [0.29, 0.717) is 12.0 Å². The normalized spacial score (nSPS) is 17.1. The molecular formula is C18H30N2O. The minimum absolute atomic E-state index is 0.148. The number of para-hydroxylation sites is 2. The Bertz CT molecular complexity index is 451. The third-order valence-electron chi connectivity index (χ3n) is 3.99. The van der Waals surface area contributed by atoms with E-state index in [0.717, 1.165) is 31.9 Å². The Kier molecular flexibility index (Phi) is 5.15. The van der Waals surface area contributed by atoms with Gasteiger partial charge < -0.3 is 15.0 Å². The Morgan fingerprint density at radius 1 is 1.24 bits per heavy atom. The number of hydrogen-bond donors (Lipinski definition) is 1. The van der Waals surface area contributed by atoms with Gasteiger partial charge in [-0.05, 0) is 45.2 Å². The zero-order valence-electron chi connectivity index (χ0n) is 14.1. The highest BCUT2D eigenvalue weighted by atomic mass is 16.5. The molecule has 1 aromatic rings. The fraction of sp³-hybridized carbons (Fsp3) is 0.667. The van der Waals surface area contributed by atoms with Gasteiger partial charge in [-0.15, -0.1) is 0 Å². The summed E-state index contributed by atoms with van der Waals surface area (Å²) in [5, 5.41) is 3.67. The molecule has 0 aromatic heterocycles. The van der Waals surface area contributed by atoms with Crippen LogP contribution in [0.5, 0.6) is 5.75 Å². The summed E-state index contributed by atoms with van der Waals surface area (Å²) in [6, 6.07) is 8.91. The molecule has 118 valence electrons. The van der Waals surface area contributed by atoms with E-state index >= 15 is 0 Å². The van der Waals surface area contributed by atoms with Crippen molar-refractivity contribution in [3.05, 3.63) is 24.3 Å². The smallest absolute Gasteiger partial charge is 0.142 e. The number of rotatable bonds is 4. The van der Waals surface area contributed by atoms with Crippen LogP contribution in [0.15, 0.2) is 24.3 Å². The van der Waals surface area contributed by atoms with E-state index in [4.69, 9.17) is 4.74 Å². The van der Waals surface area contributed by atoms with Crippen LogP contribution < -0.4 is 15.0 Å². The van der Waals surface area contributed by atoms with E-state index in [1.165, 1.54) is 5.69 Å². The molecule has 0 spiro atoms. The molecule has 1 atom stereocenters. The van der Waals surface area contributed by atoms with Gasteiger partial charge in [-0.3, -0.25) is 0 Å². The lowest BCUT2D eigenvalue weighted by Gasteiger charge is -2.37. The molecule has 2 rings (SSSR count). The molecule has 1 unspecified atom stereocenters. The summed E-state index contributed by atoms with van der Waals surface area (Å²) < 4.78 is 5.89. The first-order valence-corrected chi connectivity index (χ1v) is 8.12. The first kappa shape index (κ1) is 16.2. The number of nitrogens with one attached hydrogen (secondary N) is 1. The van der Waals surface area contributed by atoms with Crippen LogP contribution in [0.2, 0.25) is 0 Å². The molecule has 3 heteroatoms. The average Bonchev–Trinajstić information content (AvgIpc) is 2.60. The Morgan fingerprint density at radius 3 is 2.62 bits per heavy atom. The monoisotopic (exact) mass is 290 g/mol. The number of ether oxygens (including phenoxy) is 1. The van der Waals surface area contributed by atoms with E-state index in [1.807, 2.05) is 0 Å². The minimum Gasteiger partial charge on any atom is -0.491 e. The van der Waals surface area contributed by atoms with Crippen molar-refractivity contribution in [2.45, 2.75) is 52.6 Å². The number of benzene rings is 1. The second-order valence-electron chi connectivity index (χ2n) is 7.31. The zero-order chi connectivity index (χ0) is 15.5. The van der Waals surface area contributed by atoms with Crippen molar-refractivity contribution in [3.63, 3.8) is 0 Å². The molecule has 1 heterocycles. The third kappa shape index (κ3) is 4.37. The van der Waals surface area contributed by atoms with Gasteiger partial charge in [0.05, 0.1) is 12.3 Å². The summed E-state index contributed by atoms with van der Waals surface area (Å²) in [4.78, 5) is 2.53. The van der Waals surface area contributed by atoms with Crippen LogP contribution in [0, 0.1) is 5.92 Å². The first-order chi connectivity index (χ1) is 9.88. The summed E-state index contributed by atoms with van der Waals surface area (Å²) in [6.45, 7) is 14.2. The van der Waals surface area contributed by atoms with Crippen molar-refractivity contribution in [2.24, 2.45) is 5.92 Å². The fourth-order valence-corrected chi connectivity index (χ4v) is 2.81. The van der Waals surface area contributed by atoms with Crippen molar-refractivity contribution in [3.8, 4) is 5.75 Å². The summed E-state index contributed by atoms with van der Waals surface area (Å²) in [5.74, 6) is 1.61. The van der Waals surface area contributed by atoms with Gasteiger partial charge in [0.1, 0.15) is 5.75 Å². The molecule has 0 radical (unpaired) electrons. The van der Waals surface area contributed by atoms with Crippen molar-refractivity contribution in [1.29, 1.82) is 0 Å². The largest absolute Gasteiger partial charge is 0.491 e. The fourth-order valence-electron chi connectivity index (χ4n) is 2.81. The average molecular weight is 290 g/mol. The second-order valence-corrected chi connectivity index (χ2v) is 7.31. The molecule has 0 bridgehead atoms. The molecule has 21 heavy (non-hydrogen) atoms. The highest BCUT2D eigenvalue weighted by molar-refractivity contribution is 5.59. The van der Waals surface area contributed by atoms with Crippen LogP contribution in [-0.4, -0.2) is 31.3 Å². The molecule has 1 N–H and O–H groups in total. The maximum Gasteiger partial charge on any atom is 0.142 e. The van der Waals surface area contributed by atoms with Crippen molar-refractivity contribution in [2.75, 3.05) is 24.6 Å². The number of hydrogen-bond acceptors (Lipinski definition) is 3. The predicted octanol–water partition coefficient (Wildman–Crippen LogP) is 3.69. The molecule has 0 aliphatic carbocycles. The van der Waals surface area contributed by atoms with Crippen LogP contribution in [0.25, 0.3) is 0 Å². The molecule has 3 nitrogen and oxygen atoms in total. The number of fused-ring (bicyclic) bond motifs is 1. The summed E-state index contributed by atoms with van der Waals surface area (Å²) in [7, 11) is 0. The van der Waals surface area contributed by atoms with Gasteiger partial charge in [-0.2, -0.15) is 0 Å². The Labute approximate surface area is 129 Å². The van der Waals surface area contributed by atoms with Gasteiger partial charge in [-0.1, -0.05) is 26.0 Å². The van der Waals surface area contributed by atoms with Crippen LogP contribution in [0.1, 0.15) is 41.0 Å². The van der Waals surface area contributed by atoms with Crippen LogP contribution in [0.4, 0.5) is 5.69 Å². The standard InChI is InChI=1S/C18H30N2O/c1-14(2)16(13-19-18(3,4)5)20-11-8-12-21-17-10-7-6-9-15(17)20/h6-7,9-10,14,16,19H,8,11-13H2,1-5H3. The molecule has 0 fully saturated rings. The highest BCUT2D eigenvalue weighted by Crippen LogP contribution is 2.33. The SMILES string of the molecule is CC(C)C(CNC(C)(C)C)N1CCCOc2ccccc21. The highest BCUT2D eigenvalue weighted by Gasteiger charge is 2.27. The Balaban J connectivity index is 2.23. The molecule has 0 saturated carbocycles. The maximum atomic E-state index is 5.89. The van der Waals surface area contributed by atoms with E-state index in [9.17, 15) is 0 Å². The van der Waals surface area contributed by atoms with Gasteiger partial charge in [0, 0.05) is 24.7 Å². The lowest BCUT2D eigenvalue weighted by Crippen LogP contribution is -2.50. The first-order valence-electron chi connectivity index (χ1n) is 8.12. The molecule has 0 amide bonds. The second kappa shape index (κ2) is 6.69. The number of nitrogens with zero attached hydrogens (tertiary/aromatic N) is 1. The summed E-state index contributed by atoms with van der Waals surface area (Å²) >= 11 is 0. The molecule has 1 aromatic carbocycles.